The molecular formula is C17H24N2O4. The van der Waals surface area contributed by atoms with E-state index < -0.39 is 24.0 Å². The number of carbonyl (C=O) groups is 3. The lowest BCUT2D eigenvalue weighted by molar-refractivity contribution is -0.143. The average Bonchev–Trinajstić information content (AvgIpc) is 2.51. The van der Waals surface area contributed by atoms with E-state index in [1.165, 1.54) is 6.92 Å². The van der Waals surface area contributed by atoms with Crippen molar-refractivity contribution in [3.8, 4) is 0 Å². The molecule has 0 unspecified atom stereocenters. The molecule has 2 amide bonds. The number of rotatable bonds is 8. The van der Waals surface area contributed by atoms with Gasteiger partial charge < -0.3 is 15.7 Å². The number of hydrogen-bond acceptors (Lipinski definition) is 3. The Morgan fingerprint density at radius 3 is 2.22 bits per heavy atom. The van der Waals surface area contributed by atoms with E-state index in [1.54, 1.807) is 6.92 Å². The molecule has 0 aliphatic heterocycles. The van der Waals surface area contributed by atoms with Crippen molar-refractivity contribution in [3.63, 3.8) is 0 Å². The number of carboxylic acids is 1. The zero-order valence-electron chi connectivity index (χ0n) is 13.7. The number of carbonyl (C=O) groups excluding carboxylic acids is 2. The Labute approximate surface area is 136 Å². The summed E-state index contributed by atoms with van der Waals surface area (Å²) in [7, 11) is 0. The van der Waals surface area contributed by atoms with E-state index in [9.17, 15) is 19.5 Å². The molecule has 1 rings (SSSR count). The first kappa shape index (κ1) is 18.7. The molecule has 0 aromatic heterocycles. The first-order valence-electron chi connectivity index (χ1n) is 7.69. The van der Waals surface area contributed by atoms with E-state index in [0.717, 1.165) is 5.56 Å². The molecule has 0 aliphatic rings. The van der Waals surface area contributed by atoms with Gasteiger partial charge in [-0.2, -0.15) is 0 Å². The second kappa shape index (κ2) is 8.92. The fourth-order valence-corrected chi connectivity index (χ4v) is 2.24. The van der Waals surface area contributed by atoms with Crippen LogP contribution in [-0.2, 0) is 20.8 Å². The van der Waals surface area contributed by atoms with Crippen LogP contribution in [0.5, 0.6) is 0 Å². The van der Waals surface area contributed by atoms with E-state index in [2.05, 4.69) is 10.6 Å². The van der Waals surface area contributed by atoms with Gasteiger partial charge in [0.25, 0.3) is 0 Å². The van der Waals surface area contributed by atoms with Crippen molar-refractivity contribution >= 4 is 17.8 Å². The largest absolute Gasteiger partial charge is 0.480 e. The summed E-state index contributed by atoms with van der Waals surface area (Å²) in [4.78, 5) is 35.1. The molecule has 126 valence electrons. The summed E-state index contributed by atoms with van der Waals surface area (Å²) >= 11 is 0. The lowest BCUT2D eigenvalue weighted by Gasteiger charge is -2.24. The second-order valence-corrected chi connectivity index (χ2v) is 5.65. The van der Waals surface area contributed by atoms with Gasteiger partial charge in [0.1, 0.15) is 12.1 Å². The SMILES string of the molecule is CC[C@@H](C)[C@H](NC(=O)[C@@H](Cc1ccccc1)NC(C)=O)C(=O)O. The van der Waals surface area contributed by atoms with Crippen LogP contribution in [0.25, 0.3) is 0 Å². The van der Waals surface area contributed by atoms with Gasteiger partial charge in [0.15, 0.2) is 0 Å². The zero-order chi connectivity index (χ0) is 17.4. The normalized spacial score (nSPS) is 14.4. The molecule has 0 bridgehead atoms. The lowest BCUT2D eigenvalue weighted by atomic mass is 9.98. The quantitative estimate of drug-likeness (QED) is 0.674. The molecule has 6 nitrogen and oxygen atoms in total. The molecule has 0 fully saturated rings. The Morgan fingerprint density at radius 2 is 1.74 bits per heavy atom. The van der Waals surface area contributed by atoms with E-state index in [0.29, 0.717) is 12.8 Å². The zero-order valence-corrected chi connectivity index (χ0v) is 13.7. The lowest BCUT2D eigenvalue weighted by Crippen LogP contribution is -2.53. The minimum atomic E-state index is -1.08. The van der Waals surface area contributed by atoms with Gasteiger partial charge in [-0.05, 0) is 11.5 Å². The summed E-state index contributed by atoms with van der Waals surface area (Å²) < 4.78 is 0. The van der Waals surface area contributed by atoms with Crippen LogP contribution in [0.4, 0.5) is 0 Å². The van der Waals surface area contributed by atoms with Crippen LogP contribution >= 0.6 is 0 Å². The summed E-state index contributed by atoms with van der Waals surface area (Å²) in [5.41, 5.74) is 0.886. The first-order valence-corrected chi connectivity index (χ1v) is 7.69. The highest BCUT2D eigenvalue weighted by Gasteiger charge is 2.29. The molecule has 0 aliphatic carbocycles. The Hall–Kier alpha value is -2.37. The van der Waals surface area contributed by atoms with Crippen LogP contribution in [0.2, 0.25) is 0 Å². The van der Waals surface area contributed by atoms with Gasteiger partial charge in [0, 0.05) is 13.3 Å². The highest BCUT2D eigenvalue weighted by molar-refractivity contribution is 5.90. The van der Waals surface area contributed by atoms with E-state index in [-0.39, 0.29) is 11.8 Å². The van der Waals surface area contributed by atoms with Crippen molar-refractivity contribution in [2.24, 2.45) is 5.92 Å². The molecule has 1 aromatic carbocycles. The molecule has 3 N–H and O–H groups in total. The highest BCUT2D eigenvalue weighted by Crippen LogP contribution is 2.09. The third-order valence-electron chi connectivity index (χ3n) is 3.75. The minimum Gasteiger partial charge on any atom is -0.480 e. The van der Waals surface area contributed by atoms with Crippen molar-refractivity contribution in [2.75, 3.05) is 0 Å². The maximum atomic E-state index is 12.4. The van der Waals surface area contributed by atoms with Crippen molar-refractivity contribution in [2.45, 2.75) is 45.7 Å². The first-order chi connectivity index (χ1) is 10.8. The fourth-order valence-electron chi connectivity index (χ4n) is 2.24. The predicted octanol–water partition coefficient (Wildman–Crippen LogP) is 1.35. The van der Waals surface area contributed by atoms with Crippen LogP contribution in [-0.4, -0.2) is 35.0 Å². The van der Waals surface area contributed by atoms with Gasteiger partial charge in [-0.25, -0.2) is 4.79 Å². The van der Waals surface area contributed by atoms with Gasteiger partial charge >= 0.3 is 5.97 Å². The Balaban J connectivity index is 2.86. The third kappa shape index (κ3) is 6.10. The van der Waals surface area contributed by atoms with Gasteiger partial charge in [-0.3, -0.25) is 9.59 Å². The molecule has 3 atom stereocenters. The van der Waals surface area contributed by atoms with Gasteiger partial charge in [-0.15, -0.1) is 0 Å². The monoisotopic (exact) mass is 320 g/mol. The molecule has 0 heterocycles. The summed E-state index contributed by atoms with van der Waals surface area (Å²) in [6.07, 6.45) is 0.930. The van der Waals surface area contributed by atoms with Crippen LogP contribution < -0.4 is 10.6 Å². The average molecular weight is 320 g/mol. The summed E-state index contributed by atoms with van der Waals surface area (Å²) in [6, 6.07) is 7.48. The van der Waals surface area contributed by atoms with Gasteiger partial charge in [-0.1, -0.05) is 50.6 Å². The Bertz CT molecular complexity index is 545. The molecular weight excluding hydrogens is 296 g/mol. The van der Waals surface area contributed by atoms with E-state index in [4.69, 9.17) is 0 Å². The smallest absolute Gasteiger partial charge is 0.326 e. The molecule has 23 heavy (non-hydrogen) atoms. The molecule has 6 heteroatoms. The van der Waals surface area contributed by atoms with Crippen LogP contribution in [0.3, 0.4) is 0 Å². The summed E-state index contributed by atoms with van der Waals surface area (Å²) in [5, 5.41) is 14.4. The fraction of sp³-hybridized carbons (Fsp3) is 0.471. The number of hydrogen-bond donors (Lipinski definition) is 3. The highest BCUT2D eigenvalue weighted by atomic mass is 16.4. The van der Waals surface area contributed by atoms with Gasteiger partial charge in [0.05, 0.1) is 0 Å². The molecule has 0 saturated heterocycles. The number of carboxylic acid groups (broad SMARTS) is 1. The number of nitrogens with one attached hydrogen (secondary N) is 2. The van der Waals surface area contributed by atoms with Crippen molar-refractivity contribution in [1.82, 2.24) is 10.6 Å². The molecule has 0 spiro atoms. The van der Waals surface area contributed by atoms with Crippen LogP contribution in [0.15, 0.2) is 30.3 Å². The second-order valence-electron chi connectivity index (χ2n) is 5.65. The summed E-state index contributed by atoms with van der Waals surface area (Å²) in [5.74, 6) is -2.10. The minimum absolute atomic E-state index is 0.203. The van der Waals surface area contributed by atoms with Crippen LogP contribution in [0, 0.1) is 5.92 Å². The van der Waals surface area contributed by atoms with E-state index >= 15 is 0 Å². The molecule has 0 saturated carbocycles. The Morgan fingerprint density at radius 1 is 1.13 bits per heavy atom. The van der Waals surface area contributed by atoms with Crippen molar-refractivity contribution in [3.05, 3.63) is 35.9 Å². The topological polar surface area (TPSA) is 95.5 Å². The van der Waals surface area contributed by atoms with Crippen molar-refractivity contribution < 1.29 is 19.5 Å². The third-order valence-corrected chi connectivity index (χ3v) is 3.75. The number of benzene rings is 1. The maximum Gasteiger partial charge on any atom is 0.326 e. The van der Waals surface area contributed by atoms with Crippen molar-refractivity contribution in [1.29, 1.82) is 0 Å². The maximum absolute atomic E-state index is 12.4. The molecule has 0 radical (unpaired) electrons. The van der Waals surface area contributed by atoms with E-state index in [1.807, 2.05) is 37.3 Å². The summed E-state index contributed by atoms with van der Waals surface area (Å²) in [6.45, 7) is 4.96. The standard InChI is InChI=1S/C17H24N2O4/c1-4-11(2)15(17(22)23)19-16(21)14(18-12(3)20)10-13-8-6-5-7-9-13/h5-9,11,14-15H,4,10H2,1-3H3,(H,18,20)(H,19,21)(H,22,23)/t11-,14-,15+/m1/s1. The van der Waals surface area contributed by atoms with Crippen LogP contribution in [0.1, 0.15) is 32.8 Å². The number of aliphatic carboxylic acids is 1. The Kier molecular flexibility index (Phi) is 7.25. The number of amides is 2. The van der Waals surface area contributed by atoms with Gasteiger partial charge in [0.2, 0.25) is 11.8 Å². The predicted molar refractivity (Wildman–Crippen MR) is 86.8 cm³/mol. The molecule has 1 aromatic rings.